The number of pyridine rings is 1. The van der Waals surface area contributed by atoms with Crippen LogP contribution in [0.2, 0.25) is 0 Å². The van der Waals surface area contributed by atoms with Gasteiger partial charge in [-0.2, -0.15) is 0 Å². The van der Waals surface area contributed by atoms with Crippen molar-refractivity contribution in [3.05, 3.63) is 18.3 Å². The summed E-state index contributed by atoms with van der Waals surface area (Å²) >= 11 is 0. The molecular formula is C11H16ClNO4S. The summed E-state index contributed by atoms with van der Waals surface area (Å²) in [4.78, 5) is 3.74. The lowest BCUT2D eigenvalue weighted by Gasteiger charge is -2.22. The highest BCUT2D eigenvalue weighted by Crippen LogP contribution is 2.24. The Balaban J connectivity index is 2.75. The number of halogens is 1. The number of aromatic nitrogens is 1. The molecule has 0 bridgehead atoms. The highest BCUT2D eigenvalue weighted by atomic mass is 35.7. The molecule has 0 fully saturated rings. The van der Waals surface area contributed by atoms with Crippen LogP contribution in [-0.2, 0) is 13.8 Å². The lowest BCUT2D eigenvalue weighted by molar-refractivity contribution is 0.00483. The lowest BCUT2D eigenvalue weighted by atomic mass is 10.1. The number of methoxy groups -OCH3 is 1. The van der Waals surface area contributed by atoms with Crippen molar-refractivity contribution in [1.29, 1.82) is 0 Å². The summed E-state index contributed by atoms with van der Waals surface area (Å²) in [6, 6.07) is 2.84. The van der Waals surface area contributed by atoms with Gasteiger partial charge < -0.3 is 9.47 Å². The molecule has 0 aromatic carbocycles. The van der Waals surface area contributed by atoms with Gasteiger partial charge in [-0.05, 0) is 26.0 Å². The van der Waals surface area contributed by atoms with Crippen LogP contribution in [0.3, 0.4) is 0 Å². The summed E-state index contributed by atoms with van der Waals surface area (Å²) in [5, 5.41) is 0. The van der Waals surface area contributed by atoms with E-state index in [1.807, 2.05) is 13.8 Å². The third-order valence-corrected chi connectivity index (χ3v) is 3.83. The van der Waals surface area contributed by atoms with E-state index in [1.54, 1.807) is 7.11 Å². The Bertz CT molecular complexity index is 502. The quantitative estimate of drug-likeness (QED) is 0.752. The predicted molar refractivity (Wildman–Crippen MR) is 68.5 cm³/mol. The second-order valence-corrected chi connectivity index (χ2v) is 6.84. The van der Waals surface area contributed by atoms with Crippen LogP contribution in [0.15, 0.2) is 23.2 Å². The summed E-state index contributed by atoms with van der Waals surface area (Å²) in [5.74, 6) is 0.0133. The third-order valence-electron chi connectivity index (χ3n) is 2.49. The van der Waals surface area contributed by atoms with Gasteiger partial charge in [0.2, 0.25) is 5.88 Å². The monoisotopic (exact) mass is 293 g/mol. The number of rotatable bonds is 6. The van der Waals surface area contributed by atoms with Crippen molar-refractivity contribution in [3.63, 3.8) is 0 Å². The Morgan fingerprint density at radius 1 is 1.44 bits per heavy atom. The number of nitrogens with zero attached hydrogens (tertiary/aromatic N) is 1. The Morgan fingerprint density at radius 2 is 2.11 bits per heavy atom. The zero-order chi connectivity index (χ0) is 13.8. The summed E-state index contributed by atoms with van der Waals surface area (Å²) < 4.78 is 33.2. The van der Waals surface area contributed by atoms with Crippen LogP contribution in [0, 0.1) is 0 Å². The topological polar surface area (TPSA) is 65.5 Å². The van der Waals surface area contributed by atoms with Crippen molar-refractivity contribution >= 4 is 19.7 Å². The maximum atomic E-state index is 11.3. The van der Waals surface area contributed by atoms with Crippen LogP contribution in [0.5, 0.6) is 5.88 Å². The first kappa shape index (κ1) is 15.2. The Kier molecular flexibility index (Phi) is 4.95. The summed E-state index contributed by atoms with van der Waals surface area (Å²) in [6.45, 7) is 4.11. The van der Waals surface area contributed by atoms with Gasteiger partial charge in [0.1, 0.15) is 4.90 Å². The molecule has 0 atom stereocenters. The molecule has 1 aromatic rings. The van der Waals surface area contributed by atoms with Gasteiger partial charge in [0.15, 0.2) is 0 Å². The molecule has 0 aliphatic carbocycles. The first-order chi connectivity index (χ1) is 8.26. The van der Waals surface area contributed by atoms with Crippen molar-refractivity contribution in [2.45, 2.75) is 30.8 Å². The molecule has 0 amide bonds. The SMILES string of the molecule is COC(C)(C)CCOc1ncccc1S(=O)(=O)Cl. The maximum absolute atomic E-state index is 11.3. The smallest absolute Gasteiger partial charge is 0.266 e. The molecule has 0 aliphatic heterocycles. The van der Waals surface area contributed by atoms with Crippen LogP contribution in [-0.4, -0.2) is 32.7 Å². The van der Waals surface area contributed by atoms with Gasteiger partial charge in [-0.25, -0.2) is 13.4 Å². The molecular weight excluding hydrogens is 278 g/mol. The second-order valence-electron chi connectivity index (χ2n) is 4.31. The highest BCUT2D eigenvalue weighted by Gasteiger charge is 2.20. The van der Waals surface area contributed by atoms with Crippen LogP contribution in [0.4, 0.5) is 0 Å². The largest absolute Gasteiger partial charge is 0.477 e. The fraction of sp³-hybridized carbons (Fsp3) is 0.545. The second kappa shape index (κ2) is 5.86. The van der Waals surface area contributed by atoms with Crippen LogP contribution in [0.25, 0.3) is 0 Å². The molecule has 0 unspecified atom stereocenters. The normalized spacial score (nSPS) is 12.4. The molecule has 18 heavy (non-hydrogen) atoms. The van der Waals surface area contributed by atoms with Gasteiger partial charge >= 0.3 is 0 Å². The average Bonchev–Trinajstić information content (AvgIpc) is 2.28. The number of hydrogen-bond donors (Lipinski definition) is 0. The Morgan fingerprint density at radius 3 is 2.67 bits per heavy atom. The molecule has 0 saturated carbocycles. The van der Waals surface area contributed by atoms with Gasteiger partial charge in [0, 0.05) is 30.4 Å². The van der Waals surface area contributed by atoms with E-state index >= 15 is 0 Å². The molecule has 0 saturated heterocycles. The van der Waals surface area contributed by atoms with E-state index in [9.17, 15) is 8.42 Å². The first-order valence-electron chi connectivity index (χ1n) is 5.34. The fourth-order valence-electron chi connectivity index (χ4n) is 1.17. The standard InChI is InChI=1S/C11H16ClNO4S/c1-11(2,16-3)6-8-17-10-9(18(12,14)15)5-4-7-13-10/h4-5,7H,6,8H2,1-3H3. The van der Waals surface area contributed by atoms with E-state index in [4.69, 9.17) is 20.2 Å². The third kappa shape index (κ3) is 4.44. The van der Waals surface area contributed by atoms with Crippen molar-refractivity contribution in [2.75, 3.05) is 13.7 Å². The maximum Gasteiger partial charge on any atom is 0.266 e. The molecule has 0 spiro atoms. The van der Waals surface area contributed by atoms with E-state index in [1.165, 1.54) is 18.3 Å². The number of hydrogen-bond acceptors (Lipinski definition) is 5. The molecule has 1 heterocycles. The zero-order valence-electron chi connectivity index (χ0n) is 10.5. The summed E-state index contributed by atoms with van der Waals surface area (Å²) in [6.07, 6.45) is 2.05. The Hall–Kier alpha value is -0.850. The minimum atomic E-state index is -3.85. The van der Waals surface area contributed by atoms with Crippen LogP contribution in [0.1, 0.15) is 20.3 Å². The van der Waals surface area contributed by atoms with Crippen LogP contribution < -0.4 is 4.74 Å². The Labute approximate surface area is 112 Å². The first-order valence-corrected chi connectivity index (χ1v) is 7.65. The van der Waals surface area contributed by atoms with Crippen molar-refractivity contribution < 1.29 is 17.9 Å². The average molecular weight is 294 g/mol. The van der Waals surface area contributed by atoms with E-state index in [2.05, 4.69) is 4.98 Å². The van der Waals surface area contributed by atoms with E-state index in [0.717, 1.165) is 0 Å². The molecule has 0 N–H and O–H groups in total. The van der Waals surface area contributed by atoms with Gasteiger partial charge in [-0.15, -0.1) is 0 Å². The minimum absolute atomic E-state index is 0.0133. The van der Waals surface area contributed by atoms with E-state index in [0.29, 0.717) is 6.42 Å². The van der Waals surface area contributed by atoms with Gasteiger partial charge in [-0.3, -0.25) is 0 Å². The van der Waals surface area contributed by atoms with Crippen molar-refractivity contribution in [3.8, 4) is 5.88 Å². The summed E-state index contributed by atoms with van der Waals surface area (Å²) in [7, 11) is 3.04. The predicted octanol–water partition coefficient (Wildman–Crippen LogP) is 2.20. The molecule has 0 radical (unpaired) electrons. The van der Waals surface area contributed by atoms with E-state index in [-0.39, 0.29) is 23.0 Å². The molecule has 1 rings (SSSR count). The molecule has 0 aliphatic rings. The lowest BCUT2D eigenvalue weighted by Crippen LogP contribution is -2.25. The highest BCUT2D eigenvalue weighted by molar-refractivity contribution is 8.13. The molecule has 5 nitrogen and oxygen atoms in total. The molecule has 102 valence electrons. The zero-order valence-corrected chi connectivity index (χ0v) is 12.1. The minimum Gasteiger partial charge on any atom is -0.477 e. The fourth-order valence-corrected chi connectivity index (χ4v) is 2.08. The molecule has 1 aromatic heterocycles. The van der Waals surface area contributed by atoms with E-state index < -0.39 is 9.05 Å². The van der Waals surface area contributed by atoms with Gasteiger partial charge in [0.25, 0.3) is 9.05 Å². The summed E-state index contributed by atoms with van der Waals surface area (Å²) in [5.41, 5.74) is -0.339. The van der Waals surface area contributed by atoms with Gasteiger partial charge in [-0.1, -0.05) is 0 Å². The number of ether oxygens (including phenoxy) is 2. The molecule has 7 heteroatoms. The van der Waals surface area contributed by atoms with Crippen molar-refractivity contribution in [2.24, 2.45) is 0 Å². The van der Waals surface area contributed by atoms with Crippen LogP contribution >= 0.6 is 10.7 Å². The van der Waals surface area contributed by atoms with Gasteiger partial charge in [0.05, 0.1) is 12.2 Å². The van der Waals surface area contributed by atoms with Crippen molar-refractivity contribution in [1.82, 2.24) is 4.98 Å².